The maximum absolute atomic E-state index is 12.8. The molecule has 0 aromatic rings. The van der Waals surface area contributed by atoms with Gasteiger partial charge in [-0.1, -0.05) is 25.7 Å². The van der Waals surface area contributed by atoms with Gasteiger partial charge >= 0.3 is 0 Å². The van der Waals surface area contributed by atoms with Crippen molar-refractivity contribution < 1.29 is 8.78 Å². The summed E-state index contributed by atoms with van der Waals surface area (Å²) in [5, 5.41) is 0. The molecular weight excluding hydrogens is 314 g/mol. The molecule has 0 N–H and O–H groups in total. The third kappa shape index (κ3) is 5.67. The first-order valence-electron chi connectivity index (χ1n) is 11.4. The maximum Gasteiger partial charge on any atom is 0.0922 e. The first kappa shape index (κ1) is 19.6. The van der Waals surface area contributed by atoms with Gasteiger partial charge in [0, 0.05) is 0 Å². The van der Waals surface area contributed by atoms with Crippen LogP contribution in [-0.4, -0.2) is 13.3 Å². The van der Waals surface area contributed by atoms with Crippen molar-refractivity contribution >= 4 is 0 Å². The highest BCUT2D eigenvalue weighted by Gasteiger charge is 2.34. The zero-order chi connectivity index (χ0) is 17.5. The fourth-order valence-electron chi connectivity index (χ4n) is 6.38. The first-order valence-corrected chi connectivity index (χ1v) is 11.4. The van der Waals surface area contributed by atoms with E-state index in [0.717, 1.165) is 55.3 Å². The third-order valence-electron chi connectivity index (χ3n) is 8.15. The molecule has 0 aromatic heterocycles. The molecule has 3 rings (SSSR count). The molecule has 0 aliphatic heterocycles. The quantitative estimate of drug-likeness (QED) is 0.415. The maximum atomic E-state index is 12.8. The Morgan fingerprint density at radius 3 is 1.28 bits per heavy atom. The van der Waals surface area contributed by atoms with Crippen LogP contribution in [0.1, 0.15) is 96.3 Å². The van der Waals surface area contributed by atoms with Crippen molar-refractivity contribution in [3.8, 4) is 0 Å². The lowest BCUT2D eigenvalue weighted by Crippen LogP contribution is -2.30. The zero-order valence-electron chi connectivity index (χ0n) is 16.2. The highest BCUT2D eigenvalue weighted by atomic mass is 19.1. The Labute approximate surface area is 154 Å². The number of alkyl halides is 2. The van der Waals surface area contributed by atoms with Gasteiger partial charge < -0.3 is 0 Å². The van der Waals surface area contributed by atoms with E-state index in [9.17, 15) is 8.78 Å². The van der Waals surface area contributed by atoms with E-state index in [-0.39, 0.29) is 13.3 Å². The molecule has 0 amide bonds. The molecule has 0 spiro atoms. The zero-order valence-corrected chi connectivity index (χ0v) is 16.2. The van der Waals surface area contributed by atoms with Crippen molar-refractivity contribution in [3.05, 3.63) is 0 Å². The van der Waals surface area contributed by atoms with Crippen LogP contribution in [0.3, 0.4) is 0 Å². The summed E-state index contributed by atoms with van der Waals surface area (Å²) in [5.41, 5.74) is 0. The second-order valence-corrected chi connectivity index (χ2v) is 9.58. The lowest BCUT2D eigenvalue weighted by Gasteiger charge is -2.41. The second kappa shape index (κ2) is 10.3. The molecule has 0 radical (unpaired) electrons. The lowest BCUT2D eigenvalue weighted by atomic mass is 9.65. The third-order valence-corrected chi connectivity index (χ3v) is 8.15. The average Bonchev–Trinajstić information content (AvgIpc) is 2.69. The summed E-state index contributed by atoms with van der Waals surface area (Å²) in [7, 11) is 0. The molecule has 0 heterocycles. The number of unbranched alkanes of at least 4 members (excludes halogenated alkanes) is 1. The molecule has 25 heavy (non-hydrogen) atoms. The minimum atomic E-state index is -0.131. The fourth-order valence-corrected chi connectivity index (χ4v) is 6.38. The lowest BCUT2D eigenvalue weighted by molar-refractivity contribution is 0.0998. The van der Waals surface area contributed by atoms with E-state index in [1.54, 1.807) is 0 Å². The Kier molecular flexibility index (Phi) is 8.05. The Morgan fingerprint density at radius 1 is 0.480 bits per heavy atom. The van der Waals surface area contributed by atoms with E-state index in [2.05, 4.69) is 0 Å². The molecule has 0 aromatic carbocycles. The molecule has 3 aliphatic rings. The van der Waals surface area contributed by atoms with Crippen LogP contribution in [0.5, 0.6) is 0 Å². The monoisotopic (exact) mass is 354 g/mol. The number of rotatable bonds is 7. The van der Waals surface area contributed by atoms with Gasteiger partial charge in [0.15, 0.2) is 0 Å². The van der Waals surface area contributed by atoms with E-state index in [1.807, 2.05) is 0 Å². The predicted molar refractivity (Wildman–Crippen MR) is 102 cm³/mol. The molecule has 2 heteroatoms. The Balaban J connectivity index is 1.33. The Morgan fingerprint density at radius 2 is 0.880 bits per heavy atom. The average molecular weight is 355 g/mol. The van der Waals surface area contributed by atoms with E-state index >= 15 is 0 Å². The van der Waals surface area contributed by atoms with Crippen molar-refractivity contribution in [1.29, 1.82) is 0 Å². The number of halogens is 2. The number of hydrogen-bond donors (Lipinski definition) is 0. The van der Waals surface area contributed by atoms with E-state index in [0.29, 0.717) is 5.92 Å². The van der Waals surface area contributed by atoms with Gasteiger partial charge in [-0.05, 0) is 106 Å². The van der Waals surface area contributed by atoms with Gasteiger partial charge in [0.2, 0.25) is 0 Å². The second-order valence-electron chi connectivity index (χ2n) is 9.58. The summed E-state index contributed by atoms with van der Waals surface area (Å²) in [6, 6.07) is 0. The summed E-state index contributed by atoms with van der Waals surface area (Å²) in [5.74, 6) is 5.12. The Bertz CT molecular complexity index is 345. The van der Waals surface area contributed by atoms with Crippen LogP contribution in [0.25, 0.3) is 0 Å². The molecule has 0 atom stereocenters. The largest absolute Gasteiger partial charge is 0.251 e. The molecule has 146 valence electrons. The molecule has 0 unspecified atom stereocenters. The van der Waals surface area contributed by atoms with Crippen molar-refractivity contribution in [2.45, 2.75) is 96.3 Å². The van der Waals surface area contributed by atoms with Gasteiger partial charge in [0.25, 0.3) is 0 Å². The molecule has 0 nitrogen and oxygen atoms in total. The molecule has 0 saturated heterocycles. The molecule has 3 fully saturated rings. The van der Waals surface area contributed by atoms with Crippen LogP contribution in [0.15, 0.2) is 0 Å². The first-order chi connectivity index (χ1) is 12.3. The summed E-state index contributed by atoms with van der Waals surface area (Å²) in [6.45, 7) is -0.218. The summed E-state index contributed by atoms with van der Waals surface area (Å²) >= 11 is 0. The van der Waals surface area contributed by atoms with Gasteiger partial charge in [-0.2, -0.15) is 0 Å². The van der Waals surface area contributed by atoms with Gasteiger partial charge in [-0.3, -0.25) is 8.78 Å². The normalized spacial score (nSPS) is 40.1. The van der Waals surface area contributed by atoms with Crippen molar-refractivity contribution in [2.75, 3.05) is 13.3 Å². The highest BCUT2D eigenvalue weighted by Crippen LogP contribution is 2.46. The van der Waals surface area contributed by atoms with E-state index in [4.69, 9.17) is 0 Å². The van der Waals surface area contributed by atoms with E-state index in [1.165, 1.54) is 70.6 Å². The van der Waals surface area contributed by atoms with Crippen LogP contribution < -0.4 is 0 Å². The van der Waals surface area contributed by atoms with Crippen molar-refractivity contribution in [3.63, 3.8) is 0 Å². The smallest absolute Gasteiger partial charge is 0.0922 e. The van der Waals surface area contributed by atoms with Crippen molar-refractivity contribution in [2.24, 2.45) is 35.5 Å². The topological polar surface area (TPSA) is 0 Å². The van der Waals surface area contributed by atoms with Crippen LogP contribution in [0.2, 0.25) is 0 Å². The predicted octanol–water partition coefficient (Wildman–Crippen LogP) is 7.51. The summed E-state index contributed by atoms with van der Waals surface area (Å²) < 4.78 is 25.0. The van der Waals surface area contributed by atoms with Gasteiger partial charge in [0.1, 0.15) is 0 Å². The highest BCUT2D eigenvalue weighted by molar-refractivity contribution is 4.85. The standard InChI is InChI=1S/C23H40F2/c24-16-2-1-3-18-4-8-20(9-5-18)22-12-14-23(15-13-22)21-10-6-19(17-25)7-11-21/h18-23H,1-17H2. The molecular formula is C23H40F2. The van der Waals surface area contributed by atoms with Crippen molar-refractivity contribution in [1.82, 2.24) is 0 Å². The SMILES string of the molecule is FCCCCC1CCC(C2CCC(C3CCC(CF)CC3)CC2)CC1. The fraction of sp³-hybridized carbons (Fsp3) is 1.00. The van der Waals surface area contributed by atoms with Gasteiger partial charge in [-0.25, -0.2) is 0 Å². The van der Waals surface area contributed by atoms with Crippen LogP contribution >= 0.6 is 0 Å². The summed E-state index contributed by atoms with van der Waals surface area (Å²) in [6.07, 6.45) is 19.6. The summed E-state index contributed by atoms with van der Waals surface area (Å²) in [4.78, 5) is 0. The number of hydrogen-bond acceptors (Lipinski definition) is 0. The van der Waals surface area contributed by atoms with Crippen LogP contribution in [0, 0.1) is 35.5 Å². The van der Waals surface area contributed by atoms with Gasteiger partial charge in [0.05, 0.1) is 13.3 Å². The van der Waals surface area contributed by atoms with Gasteiger partial charge in [-0.15, -0.1) is 0 Å². The molecule has 3 saturated carbocycles. The Hall–Kier alpha value is -0.140. The van der Waals surface area contributed by atoms with E-state index < -0.39 is 0 Å². The van der Waals surface area contributed by atoms with Crippen LogP contribution in [-0.2, 0) is 0 Å². The minimum Gasteiger partial charge on any atom is -0.251 e. The van der Waals surface area contributed by atoms with Crippen LogP contribution in [0.4, 0.5) is 8.78 Å². The molecule has 0 bridgehead atoms. The molecule has 3 aliphatic carbocycles. The minimum absolute atomic E-state index is 0.0874.